The highest BCUT2D eigenvalue weighted by Gasteiger charge is 2.16. The van der Waals surface area contributed by atoms with E-state index >= 15 is 0 Å². The van der Waals surface area contributed by atoms with Crippen LogP contribution < -0.4 is 11.3 Å². The molecule has 2 aromatic rings. The number of halogens is 2. The molecule has 2 aromatic carbocycles. The molecule has 1 unspecified atom stereocenters. The lowest BCUT2D eigenvalue weighted by atomic mass is 9.94. The fourth-order valence-corrected chi connectivity index (χ4v) is 2.22. The molecule has 19 heavy (non-hydrogen) atoms. The maximum atomic E-state index is 13.5. The number of hydrogen-bond donors (Lipinski definition) is 2. The third kappa shape index (κ3) is 2.97. The van der Waals surface area contributed by atoms with Crippen molar-refractivity contribution in [1.82, 2.24) is 5.43 Å². The van der Waals surface area contributed by atoms with E-state index in [-0.39, 0.29) is 11.6 Å². The molecule has 100 valence electrons. The lowest BCUT2D eigenvalue weighted by Gasteiger charge is -2.19. The van der Waals surface area contributed by atoms with Crippen LogP contribution >= 0.6 is 0 Å². The zero-order chi connectivity index (χ0) is 14.0. The first-order valence-corrected chi connectivity index (χ1v) is 6.00. The number of hydrazine groups is 1. The maximum absolute atomic E-state index is 13.5. The second kappa shape index (κ2) is 5.47. The van der Waals surface area contributed by atoms with E-state index in [1.54, 1.807) is 13.0 Å². The molecule has 0 aliphatic rings. The fourth-order valence-electron chi connectivity index (χ4n) is 2.22. The van der Waals surface area contributed by atoms with Gasteiger partial charge in [0.15, 0.2) is 0 Å². The van der Waals surface area contributed by atoms with E-state index in [0.717, 1.165) is 11.1 Å². The Bertz CT molecular complexity index is 576. The minimum atomic E-state index is -0.440. The highest BCUT2D eigenvalue weighted by atomic mass is 19.1. The van der Waals surface area contributed by atoms with Crippen LogP contribution in [0.3, 0.4) is 0 Å². The summed E-state index contributed by atoms with van der Waals surface area (Å²) in [6.45, 7) is 3.67. The standard InChI is InChI=1S/C15H16F2N2/c1-9-5-11(7-13(17)6-9)15(19-18)14-8-12(16)4-3-10(14)2/h3-8,15,19H,18H2,1-2H3. The summed E-state index contributed by atoms with van der Waals surface area (Å²) in [5.41, 5.74) is 5.69. The van der Waals surface area contributed by atoms with Crippen LogP contribution in [0.5, 0.6) is 0 Å². The van der Waals surface area contributed by atoms with E-state index in [4.69, 9.17) is 5.84 Å². The van der Waals surface area contributed by atoms with Gasteiger partial charge in [-0.2, -0.15) is 0 Å². The van der Waals surface area contributed by atoms with E-state index in [1.165, 1.54) is 24.3 Å². The molecule has 0 heterocycles. The van der Waals surface area contributed by atoms with Crippen molar-refractivity contribution >= 4 is 0 Å². The summed E-state index contributed by atoms with van der Waals surface area (Å²) in [5.74, 6) is 4.89. The number of rotatable bonds is 3. The molecule has 0 aliphatic carbocycles. The summed E-state index contributed by atoms with van der Waals surface area (Å²) in [4.78, 5) is 0. The molecule has 1 atom stereocenters. The Balaban J connectivity index is 2.52. The van der Waals surface area contributed by atoms with Crippen LogP contribution in [0.2, 0.25) is 0 Å². The lowest BCUT2D eigenvalue weighted by Crippen LogP contribution is -2.29. The number of hydrogen-bond acceptors (Lipinski definition) is 2. The molecule has 4 heteroatoms. The first kappa shape index (κ1) is 13.6. The Hall–Kier alpha value is -1.78. The van der Waals surface area contributed by atoms with Gasteiger partial charge in [0.05, 0.1) is 6.04 Å². The molecule has 2 rings (SSSR count). The smallest absolute Gasteiger partial charge is 0.123 e. The molecule has 0 amide bonds. The van der Waals surface area contributed by atoms with Gasteiger partial charge in [0.2, 0.25) is 0 Å². The number of benzene rings is 2. The van der Waals surface area contributed by atoms with Crippen molar-refractivity contribution in [3.05, 3.63) is 70.3 Å². The maximum Gasteiger partial charge on any atom is 0.123 e. The predicted octanol–water partition coefficient (Wildman–Crippen LogP) is 3.13. The first-order valence-electron chi connectivity index (χ1n) is 6.00. The van der Waals surface area contributed by atoms with E-state index in [0.29, 0.717) is 11.1 Å². The minimum Gasteiger partial charge on any atom is -0.271 e. The number of nitrogens with two attached hydrogens (primary N) is 1. The van der Waals surface area contributed by atoms with E-state index < -0.39 is 6.04 Å². The van der Waals surface area contributed by atoms with Crippen molar-refractivity contribution in [2.24, 2.45) is 5.84 Å². The van der Waals surface area contributed by atoms with Crippen molar-refractivity contribution in [3.63, 3.8) is 0 Å². The SMILES string of the molecule is Cc1cc(F)cc(C(NN)c2cc(F)ccc2C)c1. The van der Waals surface area contributed by atoms with Crippen molar-refractivity contribution < 1.29 is 8.78 Å². The Kier molecular flexibility index (Phi) is 3.93. The van der Waals surface area contributed by atoms with Gasteiger partial charge < -0.3 is 0 Å². The highest BCUT2D eigenvalue weighted by molar-refractivity contribution is 5.38. The zero-order valence-corrected chi connectivity index (χ0v) is 10.9. The van der Waals surface area contributed by atoms with E-state index in [1.807, 2.05) is 13.0 Å². The average molecular weight is 262 g/mol. The Labute approximate surface area is 111 Å². The second-order valence-electron chi connectivity index (χ2n) is 4.66. The topological polar surface area (TPSA) is 38.0 Å². The van der Waals surface area contributed by atoms with Gasteiger partial charge in [-0.1, -0.05) is 12.1 Å². The molecule has 0 radical (unpaired) electrons. The van der Waals surface area contributed by atoms with E-state index in [2.05, 4.69) is 5.43 Å². The average Bonchev–Trinajstić information content (AvgIpc) is 2.33. The van der Waals surface area contributed by atoms with Gasteiger partial charge in [-0.05, 0) is 60.4 Å². The van der Waals surface area contributed by atoms with Crippen LogP contribution in [-0.4, -0.2) is 0 Å². The Morgan fingerprint density at radius 3 is 2.37 bits per heavy atom. The van der Waals surface area contributed by atoms with Crippen molar-refractivity contribution in [2.75, 3.05) is 0 Å². The molecule has 0 saturated heterocycles. The fraction of sp³-hybridized carbons (Fsp3) is 0.200. The van der Waals surface area contributed by atoms with Gasteiger partial charge >= 0.3 is 0 Å². The first-order chi connectivity index (χ1) is 9.01. The second-order valence-corrected chi connectivity index (χ2v) is 4.66. The van der Waals surface area contributed by atoms with Crippen molar-refractivity contribution in [2.45, 2.75) is 19.9 Å². The molecular formula is C15H16F2N2. The summed E-state index contributed by atoms with van der Waals surface area (Å²) < 4.78 is 26.9. The number of aryl methyl sites for hydroxylation is 2. The highest BCUT2D eigenvalue weighted by Crippen LogP contribution is 2.26. The third-order valence-corrected chi connectivity index (χ3v) is 3.12. The van der Waals surface area contributed by atoms with Gasteiger partial charge in [0.25, 0.3) is 0 Å². The van der Waals surface area contributed by atoms with Gasteiger partial charge in [0.1, 0.15) is 11.6 Å². The van der Waals surface area contributed by atoms with Gasteiger partial charge in [-0.15, -0.1) is 0 Å². The lowest BCUT2D eigenvalue weighted by molar-refractivity contribution is 0.592. The van der Waals surface area contributed by atoms with Crippen LogP contribution in [0, 0.1) is 25.5 Å². The predicted molar refractivity (Wildman–Crippen MR) is 71.4 cm³/mol. The molecule has 0 fully saturated rings. The molecule has 0 aliphatic heterocycles. The largest absolute Gasteiger partial charge is 0.271 e. The molecule has 0 aromatic heterocycles. The molecule has 0 saturated carbocycles. The normalized spacial score (nSPS) is 12.5. The summed E-state index contributed by atoms with van der Waals surface area (Å²) in [7, 11) is 0. The molecular weight excluding hydrogens is 246 g/mol. The van der Waals surface area contributed by atoms with Crippen molar-refractivity contribution in [1.29, 1.82) is 0 Å². The van der Waals surface area contributed by atoms with Crippen LogP contribution in [0.25, 0.3) is 0 Å². The van der Waals surface area contributed by atoms with Gasteiger partial charge in [-0.25, -0.2) is 14.2 Å². The molecule has 0 spiro atoms. The van der Waals surface area contributed by atoms with Crippen molar-refractivity contribution in [3.8, 4) is 0 Å². The Morgan fingerprint density at radius 2 is 1.74 bits per heavy atom. The summed E-state index contributed by atoms with van der Waals surface area (Å²) in [6.07, 6.45) is 0. The van der Waals surface area contributed by atoms with Gasteiger partial charge in [-0.3, -0.25) is 5.84 Å². The monoisotopic (exact) mass is 262 g/mol. The Morgan fingerprint density at radius 1 is 1.00 bits per heavy atom. The summed E-state index contributed by atoms with van der Waals surface area (Å²) in [6, 6.07) is 8.73. The van der Waals surface area contributed by atoms with Gasteiger partial charge in [0, 0.05) is 0 Å². The van der Waals surface area contributed by atoms with Crippen LogP contribution in [-0.2, 0) is 0 Å². The molecule has 3 N–H and O–H groups in total. The molecule has 2 nitrogen and oxygen atoms in total. The van der Waals surface area contributed by atoms with Crippen LogP contribution in [0.1, 0.15) is 28.3 Å². The summed E-state index contributed by atoms with van der Waals surface area (Å²) in [5, 5.41) is 0. The minimum absolute atomic E-state index is 0.329. The quantitative estimate of drug-likeness (QED) is 0.658. The zero-order valence-electron chi connectivity index (χ0n) is 10.9. The number of nitrogens with one attached hydrogen (secondary N) is 1. The van der Waals surface area contributed by atoms with Crippen LogP contribution in [0.15, 0.2) is 36.4 Å². The van der Waals surface area contributed by atoms with E-state index in [9.17, 15) is 8.78 Å². The summed E-state index contributed by atoms with van der Waals surface area (Å²) >= 11 is 0. The molecule has 0 bridgehead atoms. The van der Waals surface area contributed by atoms with Crippen LogP contribution in [0.4, 0.5) is 8.78 Å². The third-order valence-electron chi connectivity index (χ3n) is 3.12.